The normalized spacial score (nSPS) is 13.0. The van der Waals surface area contributed by atoms with Gasteiger partial charge in [-0.2, -0.15) is 13.2 Å². The van der Waals surface area contributed by atoms with E-state index in [9.17, 15) is 26.4 Å². The summed E-state index contributed by atoms with van der Waals surface area (Å²) in [4.78, 5) is 10.9. The summed E-state index contributed by atoms with van der Waals surface area (Å²) in [6.07, 6.45) is -5.28. The van der Waals surface area contributed by atoms with Gasteiger partial charge in [0.05, 0.1) is 4.90 Å². The molecule has 0 saturated carbocycles. The molecule has 25 heavy (non-hydrogen) atoms. The number of sulfonamides is 1. The summed E-state index contributed by atoms with van der Waals surface area (Å²) in [5, 5.41) is 0. The molecule has 4 nitrogen and oxygen atoms in total. The van der Waals surface area contributed by atoms with Crippen LogP contribution in [0.2, 0.25) is 0 Å². The van der Waals surface area contributed by atoms with Gasteiger partial charge in [-0.25, -0.2) is 13.1 Å². The fraction of sp³-hybridized carbons (Fsp3) is 0.588. The van der Waals surface area contributed by atoms with Gasteiger partial charge in [0.1, 0.15) is 0 Å². The summed E-state index contributed by atoms with van der Waals surface area (Å²) in [7, 11) is -4.66. The van der Waals surface area contributed by atoms with Crippen LogP contribution >= 0.6 is 0 Å². The molecule has 1 amide bonds. The third kappa shape index (κ3) is 4.96. The summed E-state index contributed by atoms with van der Waals surface area (Å²) in [6, 6.07) is 3.38. The van der Waals surface area contributed by atoms with Crippen LogP contribution in [0.1, 0.15) is 76.0 Å². The van der Waals surface area contributed by atoms with Gasteiger partial charge in [0.2, 0.25) is 0 Å². The van der Waals surface area contributed by atoms with Crippen LogP contribution in [-0.2, 0) is 14.8 Å². The molecule has 0 aliphatic rings. The highest BCUT2D eigenvalue weighted by molar-refractivity contribution is 7.90. The molecule has 1 N–H and O–H groups in total. The lowest BCUT2D eigenvalue weighted by Crippen LogP contribution is -2.41. The Morgan fingerprint density at radius 3 is 1.60 bits per heavy atom. The SMILES string of the molecule is CC(C)c1cc(C(C)C)c(S(=O)(=O)NC(=O)C(F)(F)F)c(C(C)C)c1. The highest BCUT2D eigenvalue weighted by Gasteiger charge is 2.42. The van der Waals surface area contributed by atoms with E-state index < -0.39 is 22.1 Å². The molecule has 0 fully saturated rings. The van der Waals surface area contributed by atoms with Crippen molar-refractivity contribution in [2.24, 2.45) is 0 Å². The smallest absolute Gasteiger partial charge is 0.263 e. The molecule has 0 bridgehead atoms. The number of rotatable bonds is 5. The molecule has 0 unspecified atom stereocenters. The minimum absolute atomic E-state index is 0.122. The van der Waals surface area contributed by atoms with Crippen LogP contribution in [0.25, 0.3) is 0 Å². The number of carbonyl (C=O) groups excluding carboxylic acids is 1. The number of benzene rings is 1. The lowest BCUT2D eigenvalue weighted by molar-refractivity contribution is -0.171. The molecule has 1 rings (SSSR count). The molecule has 142 valence electrons. The Hall–Kier alpha value is -1.57. The number of hydrogen-bond acceptors (Lipinski definition) is 3. The first-order chi connectivity index (χ1) is 11.2. The molecular weight excluding hydrogens is 355 g/mol. The third-order valence-electron chi connectivity index (χ3n) is 3.83. The molecule has 0 spiro atoms. The van der Waals surface area contributed by atoms with Crippen LogP contribution in [0.3, 0.4) is 0 Å². The molecule has 0 atom stereocenters. The number of nitrogens with one attached hydrogen (secondary N) is 1. The quantitative estimate of drug-likeness (QED) is 0.823. The van der Waals surface area contributed by atoms with Gasteiger partial charge in [-0.15, -0.1) is 0 Å². The standard InChI is InChI=1S/C17H24F3NO3S/c1-9(2)12-7-13(10(3)4)15(14(8-12)11(5)6)25(23,24)21-16(22)17(18,19)20/h7-11H,1-6H3,(H,21,22). The van der Waals surface area contributed by atoms with Crippen LogP contribution in [0.15, 0.2) is 17.0 Å². The van der Waals surface area contributed by atoms with Crippen molar-refractivity contribution in [3.63, 3.8) is 0 Å². The molecule has 0 radical (unpaired) electrons. The summed E-state index contributed by atoms with van der Waals surface area (Å²) in [6.45, 7) is 10.9. The fourth-order valence-corrected chi connectivity index (χ4v) is 4.10. The molecule has 8 heteroatoms. The third-order valence-corrected chi connectivity index (χ3v) is 5.30. The van der Waals surface area contributed by atoms with Gasteiger partial charge in [0, 0.05) is 0 Å². The zero-order valence-corrected chi connectivity index (χ0v) is 16.0. The van der Waals surface area contributed by atoms with Crippen LogP contribution in [0.4, 0.5) is 13.2 Å². The maximum Gasteiger partial charge on any atom is 0.472 e. The summed E-state index contributed by atoms with van der Waals surface area (Å²) >= 11 is 0. The van der Waals surface area contributed by atoms with E-state index in [1.807, 2.05) is 13.8 Å². The van der Waals surface area contributed by atoms with E-state index in [4.69, 9.17) is 0 Å². The lowest BCUT2D eigenvalue weighted by Gasteiger charge is -2.23. The van der Waals surface area contributed by atoms with Crippen molar-refractivity contribution in [1.29, 1.82) is 0 Å². The van der Waals surface area contributed by atoms with E-state index in [-0.39, 0.29) is 22.6 Å². The van der Waals surface area contributed by atoms with Crippen molar-refractivity contribution in [3.05, 3.63) is 28.8 Å². The Labute approximate surface area is 146 Å². The second-order valence-electron chi connectivity index (χ2n) is 6.92. The molecular formula is C17H24F3NO3S. The van der Waals surface area contributed by atoms with Crippen LogP contribution < -0.4 is 4.72 Å². The van der Waals surface area contributed by atoms with Gasteiger partial charge in [-0.3, -0.25) is 4.79 Å². The summed E-state index contributed by atoms with van der Waals surface area (Å²) in [5.74, 6) is -2.87. The van der Waals surface area contributed by atoms with Crippen molar-refractivity contribution in [2.75, 3.05) is 0 Å². The van der Waals surface area contributed by atoms with E-state index in [0.29, 0.717) is 11.1 Å². The van der Waals surface area contributed by atoms with Gasteiger partial charge in [-0.05, 0) is 34.4 Å². The van der Waals surface area contributed by atoms with Crippen molar-refractivity contribution in [3.8, 4) is 0 Å². The molecule has 0 aromatic heterocycles. The minimum Gasteiger partial charge on any atom is -0.263 e. The van der Waals surface area contributed by atoms with E-state index in [2.05, 4.69) is 0 Å². The van der Waals surface area contributed by atoms with Crippen LogP contribution in [0.5, 0.6) is 0 Å². The van der Waals surface area contributed by atoms with Gasteiger partial charge in [-0.1, -0.05) is 53.7 Å². The van der Waals surface area contributed by atoms with Crippen molar-refractivity contribution in [2.45, 2.75) is 70.4 Å². The van der Waals surface area contributed by atoms with E-state index in [1.165, 1.54) is 0 Å². The Morgan fingerprint density at radius 1 is 0.920 bits per heavy atom. The average Bonchev–Trinajstić information content (AvgIpc) is 2.43. The molecule has 0 heterocycles. The van der Waals surface area contributed by atoms with Crippen molar-refractivity contribution >= 4 is 15.9 Å². The Morgan fingerprint density at radius 2 is 1.32 bits per heavy atom. The number of alkyl halides is 3. The molecule has 0 aliphatic heterocycles. The van der Waals surface area contributed by atoms with Gasteiger partial charge in [0.15, 0.2) is 0 Å². The summed E-state index contributed by atoms with van der Waals surface area (Å²) in [5.41, 5.74) is 1.70. The minimum atomic E-state index is -5.28. The molecule has 1 aromatic rings. The Kier molecular flexibility index (Phi) is 6.32. The van der Waals surface area contributed by atoms with E-state index >= 15 is 0 Å². The summed E-state index contributed by atoms with van der Waals surface area (Å²) < 4.78 is 63.9. The number of hydrogen-bond donors (Lipinski definition) is 1. The first-order valence-corrected chi connectivity index (χ1v) is 9.48. The van der Waals surface area contributed by atoms with E-state index in [0.717, 1.165) is 10.3 Å². The number of halogens is 3. The Bertz CT molecular complexity index is 722. The maximum atomic E-state index is 12.6. The monoisotopic (exact) mass is 379 g/mol. The fourth-order valence-electron chi connectivity index (χ4n) is 2.43. The number of amides is 1. The van der Waals surface area contributed by atoms with Crippen LogP contribution in [0, 0.1) is 0 Å². The second-order valence-corrected chi connectivity index (χ2v) is 8.54. The van der Waals surface area contributed by atoms with Crippen LogP contribution in [-0.4, -0.2) is 20.5 Å². The van der Waals surface area contributed by atoms with Crippen molar-refractivity contribution in [1.82, 2.24) is 4.72 Å². The maximum absolute atomic E-state index is 12.6. The highest BCUT2D eigenvalue weighted by atomic mass is 32.2. The lowest BCUT2D eigenvalue weighted by atomic mass is 9.89. The zero-order chi connectivity index (χ0) is 19.7. The Balaban J connectivity index is 3.69. The predicted molar refractivity (Wildman–Crippen MR) is 90.1 cm³/mol. The average molecular weight is 379 g/mol. The molecule has 1 aromatic carbocycles. The van der Waals surface area contributed by atoms with Gasteiger partial charge < -0.3 is 0 Å². The number of carbonyl (C=O) groups is 1. The van der Waals surface area contributed by atoms with Crippen molar-refractivity contribution < 1.29 is 26.4 Å². The van der Waals surface area contributed by atoms with E-state index in [1.54, 1.807) is 39.8 Å². The van der Waals surface area contributed by atoms with Gasteiger partial charge in [0.25, 0.3) is 10.0 Å². The first kappa shape index (κ1) is 21.5. The molecule has 0 saturated heterocycles. The second kappa shape index (κ2) is 7.35. The molecule has 0 aliphatic carbocycles. The highest BCUT2D eigenvalue weighted by Crippen LogP contribution is 2.35. The topological polar surface area (TPSA) is 63.2 Å². The predicted octanol–water partition coefficient (Wildman–Crippen LogP) is 4.42. The first-order valence-electron chi connectivity index (χ1n) is 8.00. The zero-order valence-electron chi connectivity index (χ0n) is 15.2. The van der Waals surface area contributed by atoms with Gasteiger partial charge >= 0.3 is 12.1 Å². The largest absolute Gasteiger partial charge is 0.472 e.